The quantitative estimate of drug-likeness (QED) is 0.0402. The minimum atomic E-state index is -0.773. The predicted octanol–water partition coefficient (Wildman–Crippen LogP) is 13.4. The first-order chi connectivity index (χ1) is 24.3. The van der Waals surface area contributed by atoms with Gasteiger partial charge in [-0.25, -0.2) is 0 Å². The molecule has 0 amide bonds. The maximum atomic E-state index is 7.08. The molecule has 3 heteroatoms. The Morgan fingerprint density at radius 1 is 0.490 bits per heavy atom. The van der Waals surface area contributed by atoms with E-state index in [-0.39, 0.29) is 6.10 Å². The molecule has 49 heavy (non-hydrogen) atoms. The minimum Gasteiger partial charge on any atom is -0.494 e. The maximum absolute atomic E-state index is 7.08. The zero-order valence-electron chi connectivity index (χ0n) is 31.2. The van der Waals surface area contributed by atoms with Gasteiger partial charge in [0.05, 0.1) is 19.5 Å². The first-order valence-electron chi connectivity index (χ1n) is 20.0. The fourth-order valence-corrected chi connectivity index (χ4v) is 6.64. The third kappa shape index (κ3) is 16.1. The van der Waals surface area contributed by atoms with E-state index in [2.05, 4.69) is 111 Å². The summed E-state index contributed by atoms with van der Waals surface area (Å²) in [5.41, 5.74) is 2.52. The molecule has 0 saturated carbocycles. The van der Waals surface area contributed by atoms with Gasteiger partial charge in [0.2, 0.25) is 0 Å². The number of unbranched alkanes of at least 4 members (excludes halogenated alkanes) is 17. The molecule has 3 nitrogen and oxygen atoms in total. The van der Waals surface area contributed by atoms with E-state index < -0.39 is 5.60 Å². The maximum Gasteiger partial charge on any atom is 0.144 e. The van der Waals surface area contributed by atoms with Crippen LogP contribution in [0.15, 0.2) is 103 Å². The summed E-state index contributed by atoms with van der Waals surface area (Å²) in [7, 11) is 0. The molecule has 0 aliphatic heterocycles. The number of rotatable bonds is 30. The molecule has 1 unspecified atom stereocenters. The molecular formula is C46H68O3. The molecule has 0 aromatic heterocycles. The lowest BCUT2D eigenvalue weighted by atomic mass is 9.80. The standard InChI is InChI=1S/C46H68O3/c1-3-5-7-9-10-11-12-13-14-15-16-17-18-19-20-30-38-47-40-45(48-39-31-8-6-4-2)41-49-46(42-32-24-21-25-33-42,43-34-26-22-27-35-43)44-36-28-23-29-37-44/h21-29,31-37,39,45H,3-20,30,38,40-41H2,1-2H3. The smallest absolute Gasteiger partial charge is 0.144 e. The lowest BCUT2D eigenvalue weighted by Crippen LogP contribution is -2.37. The second-order valence-electron chi connectivity index (χ2n) is 13.7. The van der Waals surface area contributed by atoms with Gasteiger partial charge in [0.1, 0.15) is 11.7 Å². The SMILES string of the molecule is CCCCC=COC(COCCCCCCCCCCCCCCCCCC)COC(c1ccccc1)(c1ccccc1)c1ccccc1. The summed E-state index contributed by atoms with van der Waals surface area (Å²) in [6.45, 7) is 6.18. The Morgan fingerprint density at radius 2 is 0.898 bits per heavy atom. The van der Waals surface area contributed by atoms with Crippen molar-refractivity contribution in [3.05, 3.63) is 120 Å². The van der Waals surface area contributed by atoms with E-state index in [1.807, 2.05) is 6.26 Å². The second kappa shape index (κ2) is 26.9. The molecule has 0 aliphatic carbocycles. The van der Waals surface area contributed by atoms with Crippen molar-refractivity contribution in [3.8, 4) is 0 Å². The number of hydrogen-bond donors (Lipinski definition) is 0. The molecule has 0 N–H and O–H groups in total. The zero-order valence-corrected chi connectivity index (χ0v) is 31.2. The van der Waals surface area contributed by atoms with Crippen molar-refractivity contribution in [1.29, 1.82) is 0 Å². The lowest BCUT2D eigenvalue weighted by molar-refractivity contribution is -0.0685. The normalized spacial score (nSPS) is 12.4. The average molecular weight is 669 g/mol. The van der Waals surface area contributed by atoms with Crippen LogP contribution in [0.4, 0.5) is 0 Å². The summed E-state index contributed by atoms with van der Waals surface area (Å²) in [6, 6.07) is 31.7. The monoisotopic (exact) mass is 669 g/mol. The van der Waals surface area contributed by atoms with Gasteiger partial charge in [-0.1, -0.05) is 208 Å². The Hall–Kier alpha value is -2.88. The van der Waals surface area contributed by atoms with Crippen molar-refractivity contribution in [2.75, 3.05) is 19.8 Å². The zero-order chi connectivity index (χ0) is 34.5. The van der Waals surface area contributed by atoms with E-state index in [4.69, 9.17) is 14.2 Å². The van der Waals surface area contributed by atoms with Crippen LogP contribution < -0.4 is 0 Å². The van der Waals surface area contributed by atoms with E-state index in [1.54, 1.807) is 0 Å². The van der Waals surface area contributed by atoms with Crippen LogP contribution >= 0.6 is 0 Å². The van der Waals surface area contributed by atoms with Crippen molar-refractivity contribution >= 4 is 0 Å². The fourth-order valence-electron chi connectivity index (χ4n) is 6.64. The first-order valence-corrected chi connectivity index (χ1v) is 20.0. The largest absolute Gasteiger partial charge is 0.494 e. The average Bonchev–Trinajstić information content (AvgIpc) is 3.15. The van der Waals surface area contributed by atoms with Crippen LogP contribution in [-0.2, 0) is 19.8 Å². The van der Waals surface area contributed by atoms with Crippen LogP contribution in [0.3, 0.4) is 0 Å². The van der Waals surface area contributed by atoms with Gasteiger partial charge in [-0.15, -0.1) is 0 Å². The highest BCUT2D eigenvalue weighted by Gasteiger charge is 2.38. The van der Waals surface area contributed by atoms with Crippen LogP contribution in [-0.4, -0.2) is 25.9 Å². The number of benzene rings is 3. The third-order valence-corrected chi connectivity index (χ3v) is 9.56. The van der Waals surface area contributed by atoms with Gasteiger partial charge in [-0.05, 0) is 42.0 Å². The molecular weight excluding hydrogens is 601 g/mol. The Labute approximate surface area is 300 Å². The highest BCUT2D eigenvalue weighted by atomic mass is 16.6. The summed E-state index contributed by atoms with van der Waals surface area (Å²) < 4.78 is 19.6. The summed E-state index contributed by atoms with van der Waals surface area (Å²) in [4.78, 5) is 0. The van der Waals surface area contributed by atoms with Crippen LogP contribution in [0, 0.1) is 0 Å². The van der Waals surface area contributed by atoms with Gasteiger partial charge in [-0.2, -0.15) is 0 Å². The molecule has 0 heterocycles. The molecule has 0 spiro atoms. The van der Waals surface area contributed by atoms with Crippen molar-refractivity contribution < 1.29 is 14.2 Å². The number of hydrogen-bond acceptors (Lipinski definition) is 3. The highest BCUT2D eigenvalue weighted by Crippen LogP contribution is 2.40. The molecule has 3 aromatic carbocycles. The molecule has 3 aromatic rings. The van der Waals surface area contributed by atoms with Gasteiger partial charge in [0.25, 0.3) is 0 Å². The van der Waals surface area contributed by atoms with E-state index >= 15 is 0 Å². The molecule has 0 bridgehead atoms. The topological polar surface area (TPSA) is 27.7 Å². The van der Waals surface area contributed by atoms with Crippen LogP contribution in [0.1, 0.15) is 153 Å². The Balaban J connectivity index is 1.45. The first kappa shape index (κ1) is 40.5. The Bertz CT molecular complexity index is 1080. The van der Waals surface area contributed by atoms with Crippen molar-refractivity contribution in [2.24, 2.45) is 0 Å². The molecule has 0 saturated heterocycles. The van der Waals surface area contributed by atoms with Gasteiger partial charge < -0.3 is 14.2 Å². The Morgan fingerprint density at radius 3 is 1.33 bits per heavy atom. The highest BCUT2D eigenvalue weighted by molar-refractivity contribution is 5.47. The molecule has 270 valence electrons. The van der Waals surface area contributed by atoms with Gasteiger partial charge >= 0.3 is 0 Å². The van der Waals surface area contributed by atoms with E-state index in [9.17, 15) is 0 Å². The van der Waals surface area contributed by atoms with E-state index in [0.717, 1.165) is 42.6 Å². The number of ether oxygens (including phenoxy) is 3. The van der Waals surface area contributed by atoms with Crippen molar-refractivity contribution in [2.45, 2.75) is 148 Å². The lowest BCUT2D eigenvalue weighted by Gasteiger charge is -2.37. The van der Waals surface area contributed by atoms with Gasteiger partial charge in [-0.3, -0.25) is 0 Å². The molecule has 0 fully saturated rings. The summed E-state index contributed by atoms with van der Waals surface area (Å²) in [5, 5.41) is 0. The molecule has 1 atom stereocenters. The van der Waals surface area contributed by atoms with Crippen molar-refractivity contribution in [3.63, 3.8) is 0 Å². The summed E-state index contributed by atoms with van der Waals surface area (Å²) >= 11 is 0. The predicted molar refractivity (Wildman–Crippen MR) is 209 cm³/mol. The summed E-state index contributed by atoms with van der Waals surface area (Å²) in [6.07, 6.45) is 29.1. The van der Waals surface area contributed by atoms with E-state index in [1.165, 1.54) is 103 Å². The van der Waals surface area contributed by atoms with E-state index in [0.29, 0.717) is 13.2 Å². The van der Waals surface area contributed by atoms with Gasteiger partial charge in [0.15, 0.2) is 0 Å². The Kier molecular flexibility index (Phi) is 22.3. The third-order valence-electron chi connectivity index (χ3n) is 9.56. The van der Waals surface area contributed by atoms with Crippen LogP contribution in [0.25, 0.3) is 0 Å². The molecule has 0 radical (unpaired) electrons. The van der Waals surface area contributed by atoms with Crippen molar-refractivity contribution in [1.82, 2.24) is 0 Å². The molecule has 3 rings (SSSR count). The molecule has 0 aliphatic rings. The fraction of sp³-hybridized carbons (Fsp3) is 0.565. The number of allylic oxidation sites excluding steroid dienone is 1. The van der Waals surface area contributed by atoms with Gasteiger partial charge in [0, 0.05) is 6.61 Å². The minimum absolute atomic E-state index is 0.213. The summed E-state index contributed by atoms with van der Waals surface area (Å²) in [5.74, 6) is 0. The second-order valence-corrected chi connectivity index (χ2v) is 13.7. The van der Waals surface area contributed by atoms with Crippen LogP contribution in [0.2, 0.25) is 0 Å². The van der Waals surface area contributed by atoms with Crippen LogP contribution in [0.5, 0.6) is 0 Å².